The van der Waals surface area contributed by atoms with Crippen LogP contribution in [-0.2, 0) is 4.74 Å². The number of rotatable bonds is 4. The van der Waals surface area contributed by atoms with Crippen molar-refractivity contribution in [2.75, 3.05) is 48.9 Å². The molecule has 3 rings (SSSR count). The molecule has 0 spiro atoms. The molecule has 1 fully saturated rings. The molecule has 138 valence electrons. The van der Waals surface area contributed by atoms with Crippen LogP contribution in [-0.4, -0.2) is 49.4 Å². The molecule has 0 aliphatic carbocycles. The lowest BCUT2D eigenvalue weighted by molar-refractivity contribution is 0.122. The van der Waals surface area contributed by atoms with E-state index in [1.807, 2.05) is 26.0 Å². The summed E-state index contributed by atoms with van der Waals surface area (Å²) in [6, 6.07) is 6.86. The van der Waals surface area contributed by atoms with Gasteiger partial charge in [-0.3, -0.25) is 0 Å². The van der Waals surface area contributed by atoms with Crippen molar-refractivity contribution < 1.29 is 14.3 Å². The Kier molecular flexibility index (Phi) is 5.52. The van der Waals surface area contributed by atoms with Crippen molar-refractivity contribution in [1.82, 2.24) is 9.97 Å². The number of para-hydroxylation sites is 2. The average Bonchev–Trinajstić information content (AvgIpc) is 2.65. The molecular weight excluding hydrogens is 334 g/mol. The Hall–Kier alpha value is -2.87. The summed E-state index contributed by atoms with van der Waals surface area (Å²) in [5.41, 5.74) is 2.63. The predicted molar refractivity (Wildman–Crippen MR) is 100 cm³/mol. The first kappa shape index (κ1) is 17.9. The Morgan fingerprint density at radius 1 is 1.12 bits per heavy atom. The van der Waals surface area contributed by atoms with Gasteiger partial charge in [0, 0.05) is 13.1 Å². The van der Waals surface area contributed by atoms with Gasteiger partial charge in [0.2, 0.25) is 5.95 Å². The average molecular weight is 357 g/mol. The van der Waals surface area contributed by atoms with Gasteiger partial charge in [-0.1, -0.05) is 12.1 Å². The van der Waals surface area contributed by atoms with Gasteiger partial charge >= 0.3 is 6.03 Å². The van der Waals surface area contributed by atoms with Crippen molar-refractivity contribution in [3.05, 3.63) is 35.7 Å². The second kappa shape index (κ2) is 8.01. The number of amides is 2. The minimum absolute atomic E-state index is 0.372. The van der Waals surface area contributed by atoms with E-state index in [1.54, 1.807) is 19.2 Å². The van der Waals surface area contributed by atoms with Gasteiger partial charge in [-0.25, -0.2) is 14.8 Å². The standard InChI is InChI=1S/C18H23N5O3/c1-12-16(13(2)20-17(19-12)23-8-10-26-11-9-23)22-18(24)21-14-6-4-5-7-15(14)25-3/h4-7H,8-11H2,1-3H3,(H2,21,22,24). The van der Waals surface area contributed by atoms with Crippen molar-refractivity contribution in [2.45, 2.75) is 13.8 Å². The van der Waals surface area contributed by atoms with E-state index < -0.39 is 0 Å². The maximum atomic E-state index is 12.4. The first-order valence-electron chi connectivity index (χ1n) is 8.47. The molecule has 2 heterocycles. The van der Waals surface area contributed by atoms with Crippen LogP contribution in [0.1, 0.15) is 11.4 Å². The first-order chi connectivity index (χ1) is 12.6. The third-order valence-electron chi connectivity index (χ3n) is 4.15. The van der Waals surface area contributed by atoms with Crippen LogP contribution in [0.15, 0.2) is 24.3 Å². The van der Waals surface area contributed by atoms with Gasteiger partial charge in [0.25, 0.3) is 0 Å². The summed E-state index contributed by atoms with van der Waals surface area (Å²) in [4.78, 5) is 23.6. The zero-order valence-corrected chi connectivity index (χ0v) is 15.2. The normalized spacial score (nSPS) is 14.0. The summed E-state index contributed by atoms with van der Waals surface area (Å²) in [5, 5.41) is 5.62. The SMILES string of the molecule is COc1ccccc1NC(=O)Nc1c(C)nc(N2CCOCC2)nc1C. The Labute approximate surface area is 152 Å². The zero-order chi connectivity index (χ0) is 18.5. The summed E-state index contributed by atoms with van der Waals surface area (Å²) in [5.74, 6) is 1.26. The number of nitrogens with zero attached hydrogens (tertiary/aromatic N) is 3. The Bertz CT molecular complexity index is 767. The number of morpholine rings is 1. The molecule has 2 N–H and O–H groups in total. The molecule has 1 saturated heterocycles. The van der Waals surface area contributed by atoms with Crippen molar-refractivity contribution in [3.63, 3.8) is 0 Å². The molecule has 1 aliphatic rings. The number of ether oxygens (including phenoxy) is 2. The highest BCUT2D eigenvalue weighted by molar-refractivity contribution is 6.01. The molecule has 1 aromatic heterocycles. The summed E-state index contributed by atoms with van der Waals surface area (Å²) in [7, 11) is 1.56. The lowest BCUT2D eigenvalue weighted by atomic mass is 10.2. The van der Waals surface area contributed by atoms with Crippen molar-refractivity contribution in [2.24, 2.45) is 0 Å². The molecule has 0 bridgehead atoms. The highest BCUT2D eigenvalue weighted by atomic mass is 16.5. The smallest absolute Gasteiger partial charge is 0.323 e. The molecule has 1 aliphatic heterocycles. The zero-order valence-electron chi connectivity index (χ0n) is 15.2. The van der Waals surface area contributed by atoms with Crippen LogP contribution in [0.25, 0.3) is 0 Å². The third-order valence-corrected chi connectivity index (χ3v) is 4.15. The second-order valence-electron chi connectivity index (χ2n) is 5.95. The number of anilines is 3. The van der Waals surface area contributed by atoms with Gasteiger partial charge in [0.1, 0.15) is 5.75 Å². The summed E-state index contributed by atoms with van der Waals surface area (Å²) in [6.45, 7) is 6.58. The Balaban J connectivity index is 1.73. The predicted octanol–water partition coefficient (Wildman–Crippen LogP) is 2.58. The summed E-state index contributed by atoms with van der Waals surface area (Å²) in [6.07, 6.45) is 0. The number of benzene rings is 1. The van der Waals surface area contributed by atoms with Crippen molar-refractivity contribution in [1.29, 1.82) is 0 Å². The van der Waals surface area contributed by atoms with Crippen LogP contribution in [0.3, 0.4) is 0 Å². The van der Waals surface area contributed by atoms with Gasteiger partial charge < -0.3 is 25.0 Å². The minimum Gasteiger partial charge on any atom is -0.495 e. The number of urea groups is 1. The van der Waals surface area contributed by atoms with Crippen LogP contribution in [0.5, 0.6) is 5.75 Å². The molecule has 2 aromatic rings. The van der Waals surface area contributed by atoms with Gasteiger partial charge in [-0.15, -0.1) is 0 Å². The second-order valence-corrected chi connectivity index (χ2v) is 5.95. The number of aryl methyl sites for hydroxylation is 2. The summed E-state index contributed by atoms with van der Waals surface area (Å²) < 4.78 is 10.6. The number of methoxy groups -OCH3 is 1. The fraction of sp³-hybridized carbons (Fsp3) is 0.389. The fourth-order valence-electron chi connectivity index (χ4n) is 2.80. The van der Waals surface area contributed by atoms with E-state index in [4.69, 9.17) is 9.47 Å². The lowest BCUT2D eigenvalue weighted by Gasteiger charge is -2.27. The summed E-state index contributed by atoms with van der Waals surface area (Å²) >= 11 is 0. The van der Waals surface area contributed by atoms with E-state index in [0.29, 0.717) is 47.7 Å². The molecule has 1 aromatic carbocycles. The number of carbonyl (C=O) groups is 1. The quantitative estimate of drug-likeness (QED) is 0.874. The number of hydrogen-bond acceptors (Lipinski definition) is 6. The molecule has 8 heteroatoms. The van der Waals surface area contributed by atoms with Crippen LogP contribution in [0.4, 0.5) is 22.1 Å². The highest BCUT2D eigenvalue weighted by Gasteiger charge is 2.18. The monoisotopic (exact) mass is 357 g/mol. The van der Waals surface area contributed by atoms with E-state index in [9.17, 15) is 4.79 Å². The number of hydrogen-bond donors (Lipinski definition) is 2. The van der Waals surface area contributed by atoms with E-state index in [0.717, 1.165) is 13.1 Å². The van der Waals surface area contributed by atoms with Crippen molar-refractivity contribution >= 4 is 23.4 Å². The van der Waals surface area contributed by atoms with E-state index >= 15 is 0 Å². The van der Waals surface area contributed by atoms with Crippen LogP contribution >= 0.6 is 0 Å². The number of carbonyl (C=O) groups excluding carboxylic acids is 1. The minimum atomic E-state index is -0.372. The molecule has 8 nitrogen and oxygen atoms in total. The van der Waals surface area contributed by atoms with E-state index in [2.05, 4.69) is 25.5 Å². The van der Waals surface area contributed by atoms with E-state index in [1.165, 1.54) is 0 Å². The maximum Gasteiger partial charge on any atom is 0.323 e. The highest BCUT2D eigenvalue weighted by Crippen LogP contribution is 2.24. The first-order valence-corrected chi connectivity index (χ1v) is 8.47. The van der Waals surface area contributed by atoms with Crippen LogP contribution in [0, 0.1) is 13.8 Å². The Morgan fingerprint density at radius 3 is 2.42 bits per heavy atom. The molecule has 2 amide bonds. The van der Waals surface area contributed by atoms with Gasteiger partial charge in [0.15, 0.2) is 0 Å². The lowest BCUT2D eigenvalue weighted by Crippen LogP contribution is -2.37. The van der Waals surface area contributed by atoms with Crippen molar-refractivity contribution in [3.8, 4) is 5.75 Å². The van der Waals surface area contributed by atoms with Gasteiger partial charge in [0.05, 0.1) is 43.1 Å². The molecule has 0 saturated carbocycles. The molecule has 26 heavy (non-hydrogen) atoms. The Morgan fingerprint density at radius 2 is 1.77 bits per heavy atom. The number of nitrogens with one attached hydrogen (secondary N) is 2. The van der Waals surface area contributed by atoms with Gasteiger partial charge in [-0.05, 0) is 26.0 Å². The maximum absolute atomic E-state index is 12.4. The molecule has 0 radical (unpaired) electrons. The van der Waals surface area contributed by atoms with Gasteiger partial charge in [-0.2, -0.15) is 0 Å². The largest absolute Gasteiger partial charge is 0.495 e. The fourth-order valence-corrected chi connectivity index (χ4v) is 2.80. The third kappa shape index (κ3) is 4.02. The molecular formula is C18H23N5O3. The molecule has 0 unspecified atom stereocenters. The van der Waals surface area contributed by atoms with E-state index in [-0.39, 0.29) is 6.03 Å². The topological polar surface area (TPSA) is 88.6 Å². The van der Waals surface area contributed by atoms with Crippen LogP contribution in [0.2, 0.25) is 0 Å². The molecule has 0 atom stereocenters. The number of aromatic nitrogens is 2. The van der Waals surface area contributed by atoms with Crippen LogP contribution < -0.4 is 20.3 Å².